The molecule has 3 rings (SSSR count). The lowest BCUT2D eigenvalue weighted by Gasteiger charge is -2.26. The first kappa shape index (κ1) is 11.7. The van der Waals surface area contributed by atoms with E-state index in [2.05, 4.69) is 0 Å². The van der Waals surface area contributed by atoms with Gasteiger partial charge in [0.15, 0.2) is 0 Å². The lowest BCUT2D eigenvalue weighted by Crippen LogP contribution is -2.41. The topological polar surface area (TPSA) is 44.8 Å². The summed E-state index contributed by atoms with van der Waals surface area (Å²) in [5.74, 6) is -0.190. The third kappa shape index (κ3) is 2.13. The van der Waals surface area contributed by atoms with Crippen molar-refractivity contribution >= 4 is 5.97 Å². The molecule has 2 aliphatic heterocycles. The molecule has 1 aromatic carbocycles. The fourth-order valence-electron chi connectivity index (χ4n) is 2.58. The molecule has 0 aromatic heterocycles. The van der Waals surface area contributed by atoms with Crippen LogP contribution in [0.1, 0.15) is 18.4 Å². The van der Waals surface area contributed by atoms with Gasteiger partial charge in [0.25, 0.3) is 0 Å². The fraction of sp³-hybridized carbons (Fsp3) is 0.500. The van der Waals surface area contributed by atoms with Crippen LogP contribution in [0.4, 0.5) is 0 Å². The van der Waals surface area contributed by atoms with E-state index < -0.39 is 5.60 Å². The molecular formula is C14H16O4. The van der Waals surface area contributed by atoms with Gasteiger partial charge in [-0.15, -0.1) is 0 Å². The molecule has 4 nitrogen and oxygen atoms in total. The van der Waals surface area contributed by atoms with Crippen molar-refractivity contribution in [1.29, 1.82) is 0 Å². The van der Waals surface area contributed by atoms with Gasteiger partial charge in [-0.2, -0.15) is 0 Å². The number of benzene rings is 1. The lowest BCUT2D eigenvalue weighted by molar-refractivity contribution is -0.137. The SMILES string of the molecule is O=C1C[C@@]2(CO1)OCC[C@H]2OCc1ccccc1. The van der Waals surface area contributed by atoms with Gasteiger partial charge in [-0.05, 0) is 12.0 Å². The van der Waals surface area contributed by atoms with Crippen LogP contribution in [0.15, 0.2) is 30.3 Å². The minimum absolute atomic E-state index is 0.0517. The number of esters is 1. The first-order valence-electron chi connectivity index (χ1n) is 6.24. The Morgan fingerprint density at radius 2 is 2.17 bits per heavy atom. The predicted molar refractivity (Wildman–Crippen MR) is 63.9 cm³/mol. The van der Waals surface area contributed by atoms with Gasteiger partial charge < -0.3 is 14.2 Å². The Morgan fingerprint density at radius 1 is 1.33 bits per heavy atom. The summed E-state index contributed by atoms with van der Waals surface area (Å²) in [4.78, 5) is 11.3. The zero-order valence-electron chi connectivity index (χ0n) is 10.1. The summed E-state index contributed by atoms with van der Waals surface area (Å²) in [5.41, 5.74) is 0.594. The molecule has 96 valence electrons. The molecule has 18 heavy (non-hydrogen) atoms. The summed E-state index contributed by atoms with van der Waals surface area (Å²) in [6, 6.07) is 10.0. The minimum Gasteiger partial charge on any atom is -0.462 e. The first-order valence-corrected chi connectivity index (χ1v) is 6.24. The highest BCUT2D eigenvalue weighted by molar-refractivity contribution is 5.73. The molecule has 0 bridgehead atoms. The van der Waals surface area contributed by atoms with Gasteiger partial charge in [0, 0.05) is 0 Å². The molecule has 2 saturated heterocycles. The Labute approximate surface area is 106 Å². The van der Waals surface area contributed by atoms with Crippen molar-refractivity contribution in [2.75, 3.05) is 13.2 Å². The predicted octanol–water partition coefficient (Wildman–Crippen LogP) is 1.68. The Kier molecular flexibility index (Phi) is 3.06. The number of cyclic esters (lactones) is 1. The highest BCUT2D eigenvalue weighted by atomic mass is 16.6. The van der Waals surface area contributed by atoms with Gasteiger partial charge in [-0.25, -0.2) is 0 Å². The number of carbonyl (C=O) groups is 1. The second-order valence-corrected chi connectivity index (χ2v) is 4.82. The van der Waals surface area contributed by atoms with E-state index in [0.717, 1.165) is 12.0 Å². The molecule has 0 saturated carbocycles. The van der Waals surface area contributed by atoms with Gasteiger partial charge in [0.05, 0.1) is 25.7 Å². The van der Waals surface area contributed by atoms with Gasteiger partial charge in [0.1, 0.15) is 12.2 Å². The van der Waals surface area contributed by atoms with Crippen molar-refractivity contribution in [2.45, 2.75) is 31.2 Å². The molecular weight excluding hydrogens is 232 g/mol. The minimum atomic E-state index is -0.536. The number of hydrogen-bond donors (Lipinski definition) is 0. The van der Waals surface area contributed by atoms with Gasteiger partial charge in [0.2, 0.25) is 0 Å². The van der Waals surface area contributed by atoms with Gasteiger partial charge in [-0.1, -0.05) is 30.3 Å². The zero-order chi connectivity index (χ0) is 12.4. The van der Waals surface area contributed by atoms with Crippen LogP contribution in [0.2, 0.25) is 0 Å². The molecule has 1 spiro atoms. The van der Waals surface area contributed by atoms with Crippen LogP contribution >= 0.6 is 0 Å². The average molecular weight is 248 g/mol. The lowest BCUT2D eigenvalue weighted by atomic mass is 9.96. The van der Waals surface area contributed by atoms with E-state index in [4.69, 9.17) is 14.2 Å². The van der Waals surface area contributed by atoms with Gasteiger partial charge in [-0.3, -0.25) is 4.79 Å². The van der Waals surface area contributed by atoms with E-state index in [0.29, 0.717) is 26.2 Å². The van der Waals surface area contributed by atoms with E-state index in [1.807, 2.05) is 30.3 Å². The van der Waals surface area contributed by atoms with Crippen LogP contribution in [-0.4, -0.2) is 30.9 Å². The highest BCUT2D eigenvalue weighted by Gasteiger charge is 2.52. The third-order valence-corrected chi connectivity index (χ3v) is 3.57. The molecule has 0 unspecified atom stereocenters. The molecule has 0 radical (unpaired) electrons. The average Bonchev–Trinajstić information content (AvgIpc) is 2.96. The fourth-order valence-corrected chi connectivity index (χ4v) is 2.58. The van der Waals surface area contributed by atoms with E-state index >= 15 is 0 Å². The van der Waals surface area contributed by atoms with Crippen LogP contribution in [-0.2, 0) is 25.6 Å². The maximum Gasteiger partial charge on any atom is 0.309 e. The van der Waals surface area contributed by atoms with Crippen molar-refractivity contribution in [3.8, 4) is 0 Å². The number of hydrogen-bond acceptors (Lipinski definition) is 4. The van der Waals surface area contributed by atoms with Crippen LogP contribution in [0.3, 0.4) is 0 Å². The number of carbonyl (C=O) groups excluding carboxylic acids is 1. The summed E-state index contributed by atoms with van der Waals surface area (Å²) in [6.07, 6.45) is 1.08. The molecule has 1 aromatic rings. The Bertz CT molecular complexity index is 431. The second-order valence-electron chi connectivity index (χ2n) is 4.82. The van der Waals surface area contributed by atoms with Crippen molar-refractivity contribution in [3.63, 3.8) is 0 Å². The van der Waals surface area contributed by atoms with E-state index in [1.165, 1.54) is 0 Å². The van der Waals surface area contributed by atoms with E-state index in [9.17, 15) is 4.79 Å². The largest absolute Gasteiger partial charge is 0.462 e. The van der Waals surface area contributed by atoms with Crippen molar-refractivity contribution in [2.24, 2.45) is 0 Å². The van der Waals surface area contributed by atoms with Crippen molar-refractivity contribution < 1.29 is 19.0 Å². The van der Waals surface area contributed by atoms with Crippen molar-refractivity contribution in [3.05, 3.63) is 35.9 Å². The normalized spacial score (nSPS) is 30.9. The number of ether oxygens (including phenoxy) is 3. The molecule has 4 heteroatoms. The smallest absolute Gasteiger partial charge is 0.309 e. The zero-order valence-corrected chi connectivity index (χ0v) is 10.1. The van der Waals surface area contributed by atoms with Crippen LogP contribution in [0.5, 0.6) is 0 Å². The van der Waals surface area contributed by atoms with Crippen LogP contribution < -0.4 is 0 Å². The summed E-state index contributed by atoms with van der Waals surface area (Å²) in [5, 5.41) is 0. The number of rotatable bonds is 3. The second kappa shape index (κ2) is 4.71. The molecule has 2 fully saturated rings. The Morgan fingerprint density at radius 3 is 2.89 bits per heavy atom. The quantitative estimate of drug-likeness (QED) is 0.763. The molecule has 0 aliphatic carbocycles. The summed E-state index contributed by atoms with van der Waals surface area (Å²) < 4.78 is 16.6. The van der Waals surface area contributed by atoms with E-state index in [1.54, 1.807) is 0 Å². The summed E-state index contributed by atoms with van der Waals surface area (Å²) >= 11 is 0. The third-order valence-electron chi connectivity index (χ3n) is 3.57. The van der Waals surface area contributed by atoms with Gasteiger partial charge >= 0.3 is 5.97 Å². The standard InChI is InChI=1S/C14H16O4/c15-13-8-14(10-17-13)12(6-7-18-14)16-9-11-4-2-1-3-5-11/h1-5,12H,6-10H2/t12-,14+/m1/s1. The maximum absolute atomic E-state index is 11.3. The Hall–Kier alpha value is -1.39. The highest BCUT2D eigenvalue weighted by Crippen LogP contribution is 2.36. The molecule has 2 aliphatic rings. The van der Waals surface area contributed by atoms with Crippen LogP contribution in [0.25, 0.3) is 0 Å². The van der Waals surface area contributed by atoms with Crippen molar-refractivity contribution in [1.82, 2.24) is 0 Å². The van der Waals surface area contributed by atoms with Crippen LogP contribution in [0, 0.1) is 0 Å². The summed E-state index contributed by atoms with van der Waals surface area (Å²) in [7, 11) is 0. The maximum atomic E-state index is 11.3. The Balaban J connectivity index is 1.64. The molecule has 2 atom stereocenters. The molecule has 0 N–H and O–H groups in total. The molecule has 2 heterocycles. The summed E-state index contributed by atoms with van der Waals surface area (Å²) in [6.45, 7) is 1.51. The van der Waals surface area contributed by atoms with E-state index in [-0.39, 0.29) is 12.1 Å². The monoisotopic (exact) mass is 248 g/mol. The first-order chi connectivity index (χ1) is 8.78. The molecule has 0 amide bonds.